The molecule has 20 heavy (non-hydrogen) atoms. The fraction of sp³-hybridized carbons (Fsp3) is 0.333. The third kappa shape index (κ3) is 3.17. The van der Waals surface area contributed by atoms with E-state index in [0.29, 0.717) is 6.54 Å². The minimum absolute atomic E-state index is 0.617. The van der Waals surface area contributed by atoms with Crippen LogP contribution in [0.3, 0.4) is 0 Å². The Labute approximate surface area is 119 Å². The van der Waals surface area contributed by atoms with Gasteiger partial charge in [-0.15, -0.1) is 0 Å². The van der Waals surface area contributed by atoms with Gasteiger partial charge in [-0.2, -0.15) is 0 Å². The van der Waals surface area contributed by atoms with E-state index in [1.54, 1.807) is 20.4 Å². The second kappa shape index (κ2) is 6.23. The molecule has 2 rings (SSSR count). The molecule has 0 unspecified atom stereocenters. The molecular weight excluding hydrogens is 254 g/mol. The summed E-state index contributed by atoms with van der Waals surface area (Å²) in [6.45, 7) is 4.47. The molecule has 0 amide bonds. The molecule has 0 atom stereocenters. The van der Waals surface area contributed by atoms with Gasteiger partial charge in [0.25, 0.3) is 0 Å². The number of nitrogens with zero attached hydrogens (tertiary/aromatic N) is 2. The molecule has 0 radical (unpaired) electrons. The van der Waals surface area contributed by atoms with Gasteiger partial charge >= 0.3 is 0 Å². The first-order chi connectivity index (χ1) is 9.63. The highest BCUT2D eigenvalue weighted by molar-refractivity contribution is 5.45. The Morgan fingerprint density at radius 1 is 1.15 bits per heavy atom. The molecule has 0 fully saturated rings. The second-order valence-electron chi connectivity index (χ2n) is 4.48. The zero-order valence-corrected chi connectivity index (χ0v) is 12.2. The Hall–Kier alpha value is -2.30. The molecule has 1 heterocycles. The molecule has 1 aromatic heterocycles. The molecule has 2 aromatic rings. The van der Waals surface area contributed by atoms with E-state index in [-0.39, 0.29) is 0 Å². The molecule has 1 N–H and O–H groups in total. The second-order valence-corrected chi connectivity index (χ2v) is 4.48. The van der Waals surface area contributed by atoms with Gasteiger partial charge in [-0.3, -0.25) is 4.98 Å². The van der Waals surface area contributed by atoms with Crippen molar-refractivity contribution in [1.29, 1.82) is 0 Å². The lowest BCUT2D eigenvalue weighted by atomic mass is 10.2. The van der Waals surface area contributed by atoms with E-state index >= 15 is 0 Å². The summed E-state index contributed by atoms with van der Waals surface area (Å²) in [6.07, 6.45) is 1.76. The SMILES string of the molecule is COc1ccc(CNc2nc(C)cnc2C)c(OC)c1. The number of aromatic nitrogens is 2. The van der Waals surface area contributed by atoms with Gasteiger partial charge in [0.15, 0.2) is 0 Å². The molecule has 0 aliphatic rings. The molecule has 5 nitrogen and oxygen atoms in total. The van der Waals surface area contributed by atoms with E-state index in [2.05, 4.69) is 15.3 Å². The summed E-state index contributed by atoms with van der Waals surface area (Å²) in [5.41, 5.74) is 2.80. The lowest BCUT2D eigenvalue weighted by Crippen LogP contribution is -2.06. The summed E-state index contributed by atoms with van der Waals surface area (Å²) in [4.78, 5) is 8.72. The molecule has 106 valence electrons. The topological polar surface area (TPSA) is 56.3 Å². The van der Waals surface area contributed by atoms with Crippen LogP contribution in [-0.4, -0.2) is 24.2 Å². The van der Waals surface area contributed by atoms with Gasteiger partial charge in [-0.1, -0.05) is 0 Å². The van der Waals surface area contributed by atoms with Crippen LogP contribution < -0.4 is 14.8 Å². The van der Waals surface area contributed by atoms with Crippen molar-refractivity contribution in [2.24, 2.45) is 0 Å². The zero-order valence-electron chi connectivity index (χ0n) is 12.2. The number of benzene rings is 1. The number of anilines is 1. The maximum atomic E-state index is 5.37. The van der Waals surface area contributed by atoms with Crippen LogP contribution in [0.25, 0.3) is 0 Å². The van der Waals surface area contributed by atoms with Crippen LogP contribution in [0.4, 0.5) is 5.82 Å². The number of methoxy groups -OCH3 is 2. The Kier molecular flexibility index (Phi) is 4.40. The number of hydrogen-bond acceptors (Lipinski definition) is 5. The van der Waals surface area contributed by atoms with Crippen LogP contribution in [0.15, 0.2) is 24.4 Å². The monoisotopic (exact) mass is 273 g/mol. The molecule has 0 bridgehead atoms. The molecule has 0 saturated heterocycles. The van der Waals surface area contributed by atoms with E-state index in [9.17, 15) is 0 Å². The highest BCUT2D eigenvalue weighted by Gasteiger charge is 2.07. The van der Waals surface area contributed by atoms with Crippen molar-refractivity contribution >= 4 is 5.82 Å². The van der Waals surface area contributed by atoms with Crippen LogP contribution in [-0.2, 0) is 6.54 Å². The average Bonchev–Trinajstić information content (AvgIpc) is 2.48. The number of nitrogens with one attached hydrogen (secondary N) is 1. The fourth-order valence-electron chi connectivity index (χ4n) is 1.88. The number of rotatable bonds is 5. The third-order valence-corrected chi connectivity index (χ3v) is 3.02. The lowest BCUT2D eigenvalue weighted by molar-refractivity contribution is 0.391. The van der Waals surface area contributed by atoms with Crippen LogP contribution >= 0.6 is 0 Å². The van der Waals surface area contributed by atoms with Crippen LogP contribution in [0, 0.1) is 13.8 Å². The van der Waals surface area contributed by atoms with Crippen molar-refractivity contribution in [3.8, 4) is 11.5 Å². The summed E-state index contributed by atoms with van der Waals surface area (Å²) >= 11 is 0. The van der Waals surface area contributed by atoms with Crippen molar-refractivity contribution in [2.75, 3.05) is 19.5 Å². The molecule has 1 aromatic carbocycles. The summed E-state index contributed by atoms with van der Waals surface area (Å²) in [5, 5.41) is 3.29. The standard InChI is InChI=1S/C15H19N3O2/c1-10-8-16-11(2)15(18-10)17-9-12-5-6-13(19-3)7-14(12)20-4/h5-8H,9H2,1-4H3,(H,17,18). The van der Waals surface area contributed by atoms with Crippen LogP contribution in [0.1, 0.15) is 17.0 Å². The summed E-state index contributed by atoms with van der Waals surface area (Å²) < 4.78 is 10.6. The minimum Gasteiger partial charge on any atom is -0.497 e. The van der Waals surface area contributed by atoms with Gasteiger partial charge in [-0.05, 0) is 26.0 Å². The van der Waals surface area contributed by atoms with Crippen molar-refractivity contribution < 1.29 is 9.47 Å². The summed E-state index contributed by atoms with van der Waals surface area (Å²) in [6, 6.07) is 5.75. The van der Waals surface area contributed by atoms with Gasteiger partial charge < -0.3 is 14.8 Å². The maximum Gasteiger partial charge on any atom is 0.148 e. The van der Waals surface area contributed by atoms with Crippen molar-refractivity contribution in [3.05, 3.63) is 41.3 Å². The normalized spacial score (nSPS) is 10.2. The Bertz CT molecular complexity index is 600. The quantitative estimate of drug-likeness (QED) is 0.907. The van der Waals surface area contributed by atoms with Gasteiger partial charge in [0.2, 0.25) is 0 Å². The van der Waals surface area contributed by atoms with E-state index in [4.69, 9.17) is 9.47 Å². The number of aryl methyl sites for hydroxylation is 2. The smallest absolute Gasteiger partial charge is 0.148 e. The first kappa shape index (κ1) is 14.1. The Morgan fingerprint density at radius 2 is 1.95 bits per heavy atom. The van der Waals surface area contributed by atoms with Crippen molar-refractivity contribution in [1.82, 2.24) is 9.97 Å². The van der Waals surface area contributed by atoms with Gasteiger partial charge in [-0.25, -0.2) is 4.98 Å². The molecular formula is C15H19N3O2. The Morgan fingerprint density at radius 3 is 2.65 bits per heavy atom. The van der Waals surface area contributed by atoms with Gasteiger partial charge in [0.1, 0.15) is 17.3 Å². The van der Waals surface area contributed by atoms with E-state index in [0.717, 1.165) is 34.3 Å². The molecule has 5 heteroatoms. The average molecular weight is 273 g/mol. The summed E-state index contributed by atoms with van der Waals surface area (Å²) in [7, 11) is 3.29. The van der Waals surface area contributed by atoms with Gasteiger partial charge in [0, 0.05) is 24.4 Å². The lowest BCUT2D eigenvalue weighted by Gasteiger charge is -2.12. The highest BCUT2D eigenvalue weighted by Crippen LogP contribution is 2.25. The van der Waals surface area contributed by atoms with Crippen LogP contribution in [0.5, 0.6) is 11.5 Å². The van der Waals surface area contributed by atoms with Crippen molar-refractivity contribution in [2.45, 2.75) is 20.4 Å². The predicted octanol–water partition coefficient (Wildman–Crippen LogP) is 2.72. The number of ether oxygens (including phenoxy) is 2. The van der Waals surface area contributed by atoms with Crippen LogP contribution in [0.2, 0.25) is 0 Å². The van der Waals surface area contributed by atoms with Crippen molar-refractivity contribution in [3.63, 3.8) is 0 Å². The first-order valence-corrected chi connectivity index (χ1v) is 6.39. The first-order valence-electron chi connectivity index (χ1n) is 6.39. The molecule has 0 saturated carbocycles. The number of hydrogen-bond donors (Lipinski definition) is 1. The zero-order chi connectivity index (χ0) is 14.5. The highest BCUT2D eigenvalue weighted by atomic mass is 16.5. The maximum absolute atomic E-state index is 5.37. The van der Waals surface area contributed by atoms with E-state index in [1.165, 1.54) is 0 Å². The molecule has 0 aliphatic heterocycles. The van der Waals surface area contributed by atoms with E-state index < -0.39 is 0 Å². The minimum atomic E-state index is 0.617. The predicted molar refractivity (Wildman–Crippen MR) is 78.4 cm³/mol. The Balaban J connectivity index is 2.16. The molecule has 0 spiro atoms. The molecule has 0 aliphatic carbocycles. The summed E-state index contributed by atoms with van der Waals surface area (Å²) in [5.74, 6) is 2.36. The van der Waals surface area contributed by atoms with Gasteiger partial charge in [0.05, 0.1) is 25.6 Å². The van der Waals surface area contributed by atoms with E-state index in [1.807, 2.05) is 32.0 Å². The third-order valence-electron chi connectivity index (χ3n) is 3.02. The fourth-order valence-corrected chi connectivity index (χ4v) is 1.88. The largest absolute Gasteiger partial charge is 0.497 e.